The van der Waals surface area contributed by atoms with Crippen molar-refractivity contribution in [3.05, 3.63) is 92.4 Å². The van der Waals surface area contributed by atoms with Gasteiger partial charge in [0.25, 0.3) is 11.1 Å². The van der Waals surface area contributed by atoms with Crippen molar-refractivity contribution in [2.24, 2.45) is 11.7 Å². The molecule has 4 rings (SSSR count). The van der Waals surface area contributed by atoms with E-state index < -0.39 is 16.9 Å². The van der Waals surface area contributed by atoms with Crippen molar-refractivity contribution in [1.29, 1.82) is 0 Å². The zero-order chi connectivity index (χ0) is 22.7. The van der Waals surface area contributed by atoms with Gasteiger partial charge in [-0.3, -0.25) is 14.0 Å². The first kappa shape index (κ1) is 21.9. The molecule has 166 valence electrons. The van der Waals surface area contributed by atoms with Gasteiger partial charge < -0.3 is 16.0 Å². The molecular weight excluding hydrogens is 409 g/mol. The van der Waals surface area contributed by atoms with E-state index in [-0.39, 0.29) is 28.9 Å². The quantitative estimate of drug-likeness (QED) is 0.494. The Labute approximate surface area is 184 Å². The number of halogens is 1. The van der Waals surface area contributed by atoms with Crippen LogP contribution in [-0.2, 0) is 0 Å². The van der Waals surface area contributed by atoms with E-state index in [1.807, 2.05) is 19.1 Å². The van der Waals surface area contributed by atoms with E-state index in [9.17, 15) is 14.0 Å². The zero-order valence-corrected chi connectivity index (χ0v) is 17.8. The summed E-state index contributed by atoms with van der Waals surface area (Å²) in [6.07, 6.45) is 8.57. The van der Waals surface area contributed by atoms with Crippen molar-refractivity contribution in [3.63, 3.8) is 0 Å². The number of H-pyrrole nitrogens is 1. The van der Waals surface area contributed by atoms with Gasteiger partial charge in [0.05, 0.1) is 5.69 Å². The van der Waals surface area contributed by atoms with E-state index in [0.717, 1.165) is 25.1 Å². The van der Waals surface area contributed by atoms with Gasteiger partial charge in [0.2, 0.25) is 5.78 Å². The molecule has 0 saturated carbocycles. The average Bonchev–Trinajstić information content (AvgIpc) is 2.77. The lowest BCUT2D eigenvalue weighted by atomic mass is 9.83. The molecule has 1 aromatic carbocycles. The Kier molecular flexibility index (Phi) is 6.43. The lowest BCUT2D eigenvalue weighted by molar-refractivity contribution is 0.610. The van der Waals surface area contributed by atoms with Gasteiger partial charge in [0.15, 0.2) is 0 Å². The number of fused-ring (bicyclic) bond motifs is 1. The Morgan fingerprint density at radius 1 is 1.28 bits per heavy atom. The molecule has 0 radical (unpaired) electrons. The molecule has 0 spiro atoms. The maximum atomic E-state index is 14.1. The van der Waals surface area contributed by atoms with Crippen LogP contribution in [0, 0.1) is 11.7 Å². The van der Waals surface area contributed by atoms with Crippen LogP contribution in [0.2, 0.25) is 0 Å². The summed E-state index contributed by atoms with van der Waals surface area (Å²) < 4.78 is 15.5. The largest absolute Gasteiger partial charge is 0.330 e. The first-order chi connectivity index (χ1) is 15.5. The Hall–Kier alpha value is -3.36. The molecule has 32 heavy (non-hydrogen) atoms. The highest BCUT2D eigenvalue weighted by Gasteiger charge is 2.23. The Balaban J connectivity index is 1.64. The topological polar surface area (TPSA) is 105 Å². The van der Waals surface area contributed by atoms with Gasteiger partial charge in [-0.25, -0.2) is 4.39 Å². The number of nitrogens with one attached hydrogen (secondary N) is 2. The number of nitrogens with zero attached hydrogens (tertiary/aromatic N) is 2. The van der Waals surface area contributed by atoms with Gasteiger partial charge in [-0.2, -0.15) is 4.98 Å². The van der Waals surface area contributed by atoms with Crippen LogP contribution in [0.15, 0.2) is 69.9 Å². The van der Waals surface area contributed by atoms with Crippen molar-refractivity contribution >= 4 is 5.78 Å². The van der Waals surface area contributed by atoms with Crippen LogP contribution in [0.4, 0.5) is 4.39 Å². The fourth-order valence-electron chi connectivity index (χ4n) is 3.99. The summed E-state index contributed by atoms with van der Waals surface area (Å²) in [5, 5.41) is 3.35. The third kappa shape index (κ3) is 4.46. The highest BCUT2D eigenvalue weighted by Crippen LogP contribution is 2.30. The molecule has 1 aliphatic carbocycles. The second-order valence-electron chi connectivity index (χ2n) is 8.00. The third-order valence-electron chi connectivity index (χ3n) is 5.67. The van der Waals surface area contributed by atoms with Crippen LogP contribution < -0.4 is 22.2 Å². The predicted octanol–water partition coefficient (Wildman–Crippen LogP) is 2.34. The minimum Gasteiger partial charge on any atom is -0.330 e. The van der Waals surface area contributed by atoms with Crippen LogP contribution in [0.25, 0.3) is 17.0 Å². The van der Waals surface area contributed by atoms with Crippen molar-refractivity contribution in [2.45, 2.75) is 19.3 Å². The molecule has 2 aromatic heterocycles. The Morgan fingerprint density at radius 2 is 2.09 bits per heavy atom. The van der Waals surface area contributed by atoms with Gasteiger partial charge in [-0.05, 0) is 43.1 Å². The highest BCUT2D eigenvalue weighted by atomic mass is 19.1. The summed E-state index contributed by atoms with van der Waals surface area (Å²) in [5.41, 5.74) is 6.82. The van der Waals surface area contributed by atoms with E-state index >= 15 is 0 Å². The van der Waals surface area contributed by atoms with Crippen LogP contribution in [0.5, 0.6) is 0 Å². The smallest absolute Gasteiger partial charge is 0.278 e. The van der Waals surface area contributed by atoms with Crippen molar-refractivity contribution in [2.75, 3.05) is 19.6 Å². The molecule has 8 heteroatoms. The predicted molar refractivity (Wildman–Crippen MR) is 123 cm³/mol. The van der Waals surface area contributed by atoms with Gasteiger partial charge in [0, 0.05) is 35.9 Å². The summed E-state index contributed by atoms with van der Waals surface area (Å²) in [5.74, 6) is -0.508. The lowest BCUT2D eigenvalue weighted by Crippen LogP contribution is -2.27. The molecular formula is C24H26FN5O2. The molecule has 0 amide bonds. The summed E-state index contributed by atoms with van der Waals surface area (Å²) in [6, 6.07) is 7.43. The monoisotopic (exact) mass is 435 g/mol. The molecule has 0 aliphatic heterocycles. The summed E-state index contributed by atoms with van der Waals surface area (Å²) >= 11 is 0. The molecule has 2 atom stereocenters. The zero-order valence-electron chi connectivity index (χ0n) is 17.8. The highest BCUT2D eigenvalue weighted by molar-refractivity contribution is 5.61. The second kappa shape index (κ2) is 9.42. The Morgan fingerprint density at radius 3 is 2.84 bits per heavy atom. The maximum Gasteiger partial charge on any atom is 0.278 e. The molecule has 7 nitrogen and oxygen atoms in total. The van der Waals surface area contributed by atoms with Gasteiger partial charge >= 0.3 is 0 Å². The number of benzene rings is 1. The first-order valence-corrected chi connectivity index (χ1v) is 10.7. The average molecular weight is 436 g/mol. The van der Waals surface area contributed by atoms with Crippen molar-refractivity contribution in [1.82, 2.24) is 19.7 Å². The van der Waals surface area contributed by atoms with Gasteiger partial charge in [0.1, 0.15) is 5.82 Å². The van der Waals surface area contributed by atoms with E-state index in [1.54, 1.807) is 24.4 Å². The van der Waals surface area contributed by atoms with Crippen molar-refractivity contribution in [3.8, 4) is 11.3 Å². The second-order valence-corrected chi connectivity index (χ2v) is 8.00. The fourth-order valence-corrected chi connectivity index (χ4v) is 3.99. The number of hydrogen-bond donors (Lipinski definition) is 3. The summed E-state index contributed by atoms with van der Waals surface area (Å²) in [4.78, 5) is 32.6. The van der Waals surface area contributed by atoms with E-state index in [0.29, 0.717) is 12.1 Å². The van der Waals surface area contributed by atoms with Crippen LogP contribution in [-0.4, -0.2) is 34.0 Å². The van der Waals surface area contributed by atoms with Crippen LogP contribution in [0.3, 0.4) is 0 Å². The molecule has 2 unspecified atom stereocenters. The van der Waals surface area contributed by atoms with Crippen LogP contribution >= 0.6 is 0 Å². The fraction of sp³-hybridized carbons (Fsp3) is 0.292. The number of aromatic nitrogens is 3. The third-order valence-corrected chi connectivity index (χ3v) is 5.67. The number of rotatable bonds is 7. The van der Waals surface area contributed by atoms with E-state index in [4.69, 9.17) is 5.73 Å². The van der Waals surface area contributed by atoms with Crippen LogP contribution in [0.1, 0.15) is 24.8 Å². The molecule has 0 saturated heterocycles. The normalized spacial score (nSPS) is 18.2. The van der Waals surface area contributed by atoms with E-state index in [1.165, 1.54) is 16.5 Å². The Bertz CT molecular complexity index is 1310. The number of allylic oxidation sites excluding steroid dienone is 2. The minimum atomic E-state index is -0.465. The first-order valence-electron chi connectivity index (χ1n) is 10.7. The molecule has 0 fully saturated rings. The summed E-state index contributed by atoms with van der Waals surface area (Å²) in [7, 11) is 0. The number of nitrogens with two attached hydrogens (primary N) is 1. The number of aromatic amines is 1. The summed E-state index contributed by atoms with van der Waals surface area (Å²) in [6.45, 7) is 4.28. The standard InChI is InChI=1S/C24H26FN5O2/c1-15-11-16(13-27-10-4-9-26)7-8-17(15)19-14-30-22(31)12-21(28-24(30)29-23(19)32)18-5-2-3-6-20(18)25/h2-3,5-8,11-12,14-15,17,27H,4,9-10,13,26H2,1H3,(H,28,29,32). The molecule has 4 N–H and O–H groups in total. The maximum absolute atomic E-state index is 14.1. The van der Waals surface area contributed by atoms with Crippen molar-refractivity contribution < 1.29 is 4.39 Å². The lowest BCUT2D eigenvalue weighted by Gasteiger charge is -2.23. The minimum absolute atomic E-state index is 0.0654. The molecule has 2 heterocycles. The van der Waals surface area contributed by atoms with Gasteiger partial charge in [-0.1, -0.05) is 37.3 Å². The number of hydrogen-bond acceptors (Lipinski definition) is 5. The molecule has 1 aliphatic rings. The molecule has 0 bridgehead atoms. The molecule has 3 aromatic rings. The van der Waals surface area contributed by atoms with Gasteiger partial charge in [-0.15, -0.1) is 0 Å². The van der Waals surface area contributed by atoms with E-state index in [2.05, 4.69) is 21.4 Å². The SMILES string of the molecule is CC1C=C(CNCCCN)C=CC1c1cn2c(=O)cc(-c3ccccc3F)[nH]c2nc1=O.